The molecule has 0 saturated carbocycles. The van der Waals surface area contributed by atoms with Crippen molar-refractivity contribution in [2.75, 3.05) is 0 Å². The zero-order valence-electron chi connectivity index (χ0n) is 12.6. The lowest BCUT2D eigenvalue weighted by atomic mass is 10.0. The van der Waals surface area contributed by atoms with Gasteiger partial charge in [-0.15, -0.1) is 0 Å². The highest BCUT2D eigenvalue weighted by Crippen LogP contribution is 2.17. The molecule has 1 aromatic heterocycles. The van der Waals surface area contributed by atoms with Gasteiger partial charge in [0.15, 0.2) is 5.78 Å². The summed E-state index contributed by atoms with van der Waals surface area (Å²) >= 11 is 0. The van der Waals surface area contributed by atoms with Crippen molar-refractivity contribution in [1.29, 1.82) is 0 Å². The number of carbonyl (C=O) groups excluding carboxylic acids is 1. The Morgan fingerprint density at radius 3 is 2.17 bits per heavy atom. The standard InChI is InChI=1S/C19H14O5/c20-18(13-4-2-1-3-5-13)14-6-8-15(9-7-14)23-12-16-10-11-17(24-16)19(21)22/h1-11H,12H2,(H,21,22). The maximum Gasteiger partial charge on any atom is 0.371 e. The number of hydrogen-bond acceptors (Lipinski definition) is 4. The number of carboxylic acid groups (broad SMARTS) is 1. The number of rotatable bonds is 6. The second-order valence-corrected chi connectivity index (χ2v) is 5.08. The van der Waals surface area contributed by atoms with Crippen molar-refractivity contribution in [3.05, 3.63) is 89.4 Å². The molecule has 0 aliphatic carbocycles. The first-order valence-electron chi connectivity index (χ1n) is 7.28. The molecule has 3 aromatic rings. The molecule has 0 saturated heterocycles. The van der Waals surface area contributed by atoms with E-state index in [0.29, 0.717) is 22.6 Å². The maximum atomic E-state index is 12.3. The molecular formula is C19H14O5. The van der Waals surface area contributed by atoms with E-state index in [1.807, 2.05) is 18.2 Å². The lowest BCUT2D eigenvalue weighted by Crippen LogP contribution is -2.01. The van der Waals surface area contributed by atoms with Crippen molar-refractivity contribution in [3.63, 3.8) is 0 Å². The molecule has 1 heterocycles. The van der Waals surface area contributed by atoms with Crippen molar-refractivity contribution < 1.29 is 23.8 Å². The highest BCUT2D eigenvalue weighted by Gasteiger charge is 2.10. The van der Waals surface area contributed by atoms with Crippen LogP contribution in [0.3, 0.4) is 0 Å². The van der Waals surface area contributed by atoms with Crippen LogP contribution in [0.1, 0.15) is 32.2 Å². The fourth-order valence-corrected chi connectivity index (χ4v) is 2.18. The SMILES string of the molecule is O=C(c1ccccc1)c1ccc(OCc2ccc(C(=O)O)o2)cc1. The molecule has 0 fully saturated rings. The molecule has 5 nitrogen and oxygen atoms in total. The number of hydrogen-bond donors (Lipinski definition) is 1. The van der Waals surface area contributed by atoms with E-state index in [9.17, 15) is 9.59 Å². The van der Waals surface area contributed by atoms with Crippen LogP contribution in [0.2, 0.25) is 0 Å². The Bertz CT molecular complexity index is 847. The summed E-state index contributed by atoms with van der Waals surface area (Å²) in [4.78, 5) is 23.0. The van der Waals surface area contributed by atoms with Gasteiger partial charge in [0.1, 0.15) is 18.1 Å². The molecule has 0 bridgehead atoms. The number of ether oxygens (including phenoxy) is 1. The zero-order chi connectivity index (χ0) is 16.9. The lowest BCUT2D eigenvalue weighted by molar-refractivity contribution is 0.0658. The van der Waals surface area contributed by atoms with E-state index in [2.05, 4.69) is 0 Å². The van der Waals surface area contributed by atoms with Gasteiger partial charge in [-0.05, 0) is 36.4 Å². The summed E-state index contributed by atoms with van der Waals surface area (Å²) in [5, 5.41) is 8.79. The second-order valence-electron chi connectivity index (χ2n) is 5.08. The van der Waals surface area contributed by atoms with E-state index in [1.54, 1.807) is 42.5 Å². The molecule has 2 aromatic carbocycles. The number of carboxylic acids is 1. The topological polar surface area (TPSA) is 76.7 Å². The molecule has 0 aliphatic heterocycles. The van der Waals surface area contributed by atoms with E-state index < -0.39 is 5.97 Å². The third kappa shape index (κ3) is 3.52. The van der Waals surface area contributed by atoms with Gasteiger partial charge in [-0.2, -0.15) is 0 Å². The van der Waals surface area contributed by atoms with Crippen LogP contribution < -0.4 is 4.74 Å². The van der Waals surface area contributed by atoms with Gasteiger partial charge in [0.05, 0.1) is 0 Å². The summed E-state index contributed by atoms with van der Waals surface area (Å²) < 4.78 is 10.6. The number of carbonyl (C=O) groups is 2. The van der Waals surface area contributed by atoms with Crippen LogP contribution in [0.4, 0.5) is 0 Å². The van der Waals surface area contributed by atoms with Gasteiger partial charge >= 0.3 is 5.97 Å². The first-order chi connectivity index (χ1) is 11.6. The molecule has 0 amide bonds. The summed E-state index contributed by atoms with van der Waals surface area (Å²) in [6.45, 7) is 0.110. The van der Waals surface area contributed by atoms with E-state index in [-0.39, 0.29) is 18.2 Å². The molecule has 0 spiro atoms. The quantitative estimate of drug-likeness (QED) is 0.699. The number of benzene rings is 2. The zero-order valence-corrected chi connectivity index (χ0v) is 12.6. The molecule has 0 radical (unpaired) electrons. The Balaban J connectivity index is 1.64. The first-order valence-corrected chi connectivity index (χ1v) is 7.28. The van der Waals surface area contributed by atoms with E-state index >= 15 is 0 Å². The third-order valence-electron chi connectivity index (χ3n) is 3.41. The van der Waals surface area contributed by atoms with Crippen LogP contribution >= 0.6 is 0 Å². The molecule has 0 atom stereocenters. The summed E-state index contributed by atoms with van der Waals surface area (Å²) in [5.41, 5.74) is 1.20. The van der Waals surface area contributed by atoms with Gasteiger partial charge in [-0.1, -0.05) is 30.3 Å². The Hall–Kier alpha value is -3.34. The van der Waals surface area contributed by atoms with Crippen LogP contribution in [-0.4, -0.2) is 16.9 Å². The third-order valence-corrected chi connectivity index (χ3v) is 3.41. The van der Waals surface area contributed by atoms with Crippen molar-refractivity contribution >= 4 is 11.8 Å². The maximum absolute atomic E-state index is 12.3. The molecule has 1 N–H and O–H groups in total. The van der Waals surface area contributed by atoms with Gasteiger partial charge in [-0.3, -0.25) is 4.79 Å². The predicted octanol–water partition coefficient (Wildman–Crippen LogP) is 3.79. The van der Waals surface area contributed by atoms with E-state index in [0.717, 1.165) is 0 Å². The average molecular weight is 322 g/mol. The summed E-state index contributed by atoms with van der Waals surface area (Å²) in [7, 11) is 0. The minimum Gasteiger partial charge on any atom is -0.486 e. The highest BCUT2D eigenvalue weighted by molar-refractivity contribution is 6.08. The van der Waals surface area contributed by atoms with Gasteiger partial charge in [0.2, 0.25) is 5.76 Å². The Kier molecular flexibility index (Phi) is 4.43. The molecule has 5 heteroatoms. The summed E-state index contributed by atoms with van der Waals surface area (Å²) in [6, 6.07) is 18.7. The smallest absolute Gasteiger partial charge is 0.371 e. The fourth-order valence-electron chi connectivity index (χ4n) is 2.18. The van der Waals surface area contributed by atoms with Crippen molar-refractivity contribution in [2.24, 2.45) is 0 Å². The number of ketones is 1. The lowest BCUT2D eigenvalue weighted by Gasteiger charge is -2.06. The van der Waals surface area contributed by atoms with Crippen LogP contribution in [-0.2, 0) is 6.61 Å². The minimum absolute atomic E-state index is 0.0562. The molecule has 0 unspecified atom stereocenters. The summed E-state index contributed by atoms with van der Waals surface area (Å²) in [6.07, 6.45) is 0. The van der Waals surface area contributed by atoms with Crippen LogP contribution in [0.15, 0.2) is 71.1 Å². The van der Waals surface area contributed by atoms with E-state index in [4.69, 9.17) is 14.3 Å². The van der Waals surface area contributed by atoms with Crippen LogP contribution in [0.5, 0.6) is 5.75 Å². The van der Waals surface area contributed by atoms with Gasteiger partial charge in [0.25, 0.3) is 0 Å². The largest absolute Gasteiger partial charge is 0.486 e. The number of furan rings is 1. The predicted molar refractivity (Wildman–Crippen MR) is 86.3 cm³/mol. The van der Waals surface area contributed by atoms with E-state index in [1.165, 1.54) is 6.07 Å². The Labute approximate surface area is 138 Å². The number of aromatic carboxylic acids is 1. The molecular weight excluding hydrogens is 308 g/mol. The van der Waals surface area contributed by atoms with Crippen LogP contribution in [0, 0.1) is 0 Å². The monoisotopic (exact) mass is 322 g/mol. The van der Waals surface area contributed by atoms with Gasteiger partial charge in [-0.25, -0.2) is 4.79 Å². The van der Waals surface area contributed by atoms with Crippen LogP contribution in [0.25, 0.3) is 0 Å². The van der Waals surface area contributed by atoms with Gasteiger partial charge < -0.3 is 14.3 Å². The Morgan fingerprint density at radius 1 is 0.875 bits per heavy atom. The first kappa shape index (κ1) is 15.6. The highest BCUT2D eigenvalue weighted by atomic mass is 16.5. The average Bonchev–Trinajstić information content (AvgIpc) is 3.10. The summed E-state index contributed by atoms with van der Waals surface area (Å²) in [5.74, 6) is -0.327. The molecule has 24 heavy (non-hydrogen) atoms. The molecule has 3 rings (SSSR count). The second kappa shape index (κ2) is 6.83. The Morgan fingerprint density at radius 2 is 1.54 bits per heavy atom. The minimum atomic E-state index is -1.12. The molecule has 120 valence electrons. The normalized spacial score (nSPS) is 10.3. The molecule has 0 aliphatic rings. The van der Waals surface area contributed by atoms with Crippen molar-refractivity contribution in [2.45, 2.75) is 6.61 Å². The van der Waals surface area contributed by atoms with Crippen molar-refractivity contribution in [1.82, 2.24) is 0 Å². The van der Waals surface area contributed by atoms with Crippen molar-refractivity contribution in [3.8, 4) is 5.75 Å². The fraction of sp³-hybridized carbons (Fsp3) is 0.0526. The van der Waals surface area contributed by atoms with Gasteiger partial charge in [0, 0.05) is 11.1 Å².